The van der Waals surface area contributed by atoms with Gasteiger partial charge in [-0.2, -0.15) is 0 Å². The van der Waals surface area contributed by atoms with E-state index in [2.05, 4.69) is 30.2 Å². The van der Waals surface area contributed by atoms with Crippen molar-refractivity contribution in [2.45, 2.75) is 25.2 Å². The number of nitrogens with zero attached hydrogens (tertiary/aromatic N) is 1. The van der Waals surface area contributed by atoms with Crippen LogP contribution in [0.4, 0.5) is 5.69 Å². The normalized spacial score (nSPS) is 15.4. The van der Waals surface area contributed by atoms with Crippen LogP contribution in [-0.4, -0.2) is 19.6 Å². The number of carbonyl (C=O) groups is 1. The second-order valence-electron chi connectivity index (χ2n) is 6.08. The summed E-state index contributed by atoms with van der Waals surface area (Å²) in [5.41, 5.74) is 3.57. The molecule has 0 fully saturated rings. The van der Waals surface area contributed by atoms with E-state index >= 15 is 0 Å². The number of rotatable bonds is 5. The van der Waals surface area contributed by atoms with E-state index in [9.17, 15) is 4.79 Å². The molecule has 1 atom stereocenters. The quantitative estimate of drug-likeness (QED) is 0.785. The van der Waals surface area contributed by atoms with Crippen molar-refractivity contribution in [3.8, 4) is 18.1 Å². The third kappa shape index (κ3) is 3.44. The summed E-state index contributed by atoms with van der Waals surface area (Å²) >= 11 is 0. The summed E-state index contributed by atoms with van der Waals surface area (Å²) in [4.78, 5) is 14.3. The predicted octanol–water partition coefficient (Wildman–Crippen LogP) is 3.78. The molecule has 3 nitrogen and oxygen atoms in total. The molecule has 3 rings (SSSR count). The standard InChI is InChI=1S/C21H21NO2/c1-3-14-24-19-12-10-18(11-13-19)22(2)21(23)15-17-9-8-16-6-4-5-7-20(16)17/h1,4-7,10-13,17H,8-9,14-15H2,2H3. The summed E-state index contributed by atoms with van der Waals surface area (Å²) in [5, 5.41) is 0. The number of terminal acetylenes is 1. The van der Waals surface area contributed by atoms with Crippen LogP contribution in [0.2, 0.25) is 0 Å². The second-order valence-corrected chi connectivity index (χ2v) is 6.08. The summed E-state index contributed by atoms with van der Waals surface area (Å²) < 4.78 is 5.36. The van der Waals surface area contributed by atoms with Crippen LogP contribution in [0, 0.1) is 12.3 Å². The summed E-state index contributed by atoms with van der Waals surface area (Å²) in [7, 11) is 1.82. The summed E-state index contributed by atoms with van der Waals surface area (Å²) in [6.07, 6.45) is 7.84. The minimum absolute atomic E-state index is 0.133. The number of hydrogen-bond acceptors (Lipinski definition) is 2. The lowest BCUT2D eigenvalue weighted by Gasteiger charge is -2.20. The molecule has 0 saturated carbocycles. The van der Waals surface area contributed by atoms with E-state index in [1.54, 1.807) is 4.90 Å². The minimum atomic E-state index is 0.133. The maximum absolute atomic E-state index is 12.6. The molecule has 0 aromatic heterocycles. The van der Waals surface area contributed by atoms with Crippen molar-refractivity contribution in [1.82, 2.24) is 0 Å². The highest BCUT2D eigenvalue weighted by Gasteiger charge is 2.25. The van der Waals surface area contributed by atoms with Gasteiger partial charge in [0.2, 0.25) is 5.91 Å². The average molecular weight is 319 g/mol. The molecule has 2 aromatic rings. The Hall–Kier alpha value is -2.73. The van der Waals surface area contributed by atoms with Crippen molar-refractivity contribution in [3.05, 3.63) is 59.7 Å². The van der Waals surface area contributed by atoms with E-state index in [0.717, 1.165) is 18.5 Å². The van der Waals surface area contributed by atoms with E-state index in [-0.39, 0.29) is 12.5 Å². The number of fused-ring (bicyclic) bond motifs is 1. The van der Waals surface area contributed by atoms with Crippen LogP contribution < -0.4 is 9.64 Å². The molecule has 122 valence electrons. The zero-order valence-electron chi connectivity index (χ0n) is 13.9. The van der Waals surface area contributed by atoms with Gasteiger partial charge in [-0.3, -0.25) is 4.79 Å². The summed E-state index contributed by atoms with van der Waals surface area (Å²) in [5.74, 6) is 3.61. The molecule has 0 saturated heterocycles. The first-order valence-corrected chi connectivity index (χ1v) is 8.19. The fraction of sp³-hybridized carbons (Fsp3) is 0.286. The molecule has 0 radical (unpaired) electrons. The van der Waals surface area contributed by atoms with Crippen LogP contribution >= 0.6 is 0 Å². The van der Waals surface area contributed by atoms with Crippen LogP contribution in [0.15, 0.2) is 48.5 Å². The Kier molecular flexibility index (Phi) is 4.86. The monoisotopic (exact) mass is 319 g/mol. The van der Waals surface area contributed by atoms with E-state index < -0.39 is 0 Å². The molecule has 24 heavy (non-hydrogen) atoms. The minimum Gasteiger partial charge on any atom is -0.481 e. The van der Waals surface area contributed by atoms with E-state index in [1.807, 2.05) is 31.3 Å². The lowest BCUT2D eigenvalue weighted by Crippen LogP contribution is -2.27. The maximum Gasteiger partial charge on any atom is 0.227 e. The number of anilines is 1. The molecule has 1 aliphatic carbocycles. The van der Waals surface area contributed by atoms with Crippen molar-refractivity contribution in [3.63, 3.8) is 0 Å². The van der Waals surface area contributed by atoms with Crippen LogP contribution in [0.5, 0.6) is 5.75 Å². The van der Waals surface area contributed by atoms with Crippen molar-refractivity contribution >= 4 is 11.6 Å². The van der Waals surface area contributed by atoms with E-state index in [1.165, 1.54) is 11.1 Å². The fourth-order valence-corrected chi connectivity index (χ4v) is 3.24. The Morgan fingerprint density at radius 1 is 1.25 bits per heavy atom. The molecule has 1 amide bonds. The van der Waals surface area contributed by atoms with Gasteiger partial charge in [-0.25, -0.2) is 0 Å². The molecular formula is C21H21NO2. The van der Waals surface area contributed by atoms with Gasteiger partial charge in [0, 0.05) is 19.2 Å². The number of benzene rings is 2. The lowest BCUT2D eigenvalue weighted by atomic mass is 9.97. The van der Waals surface area contributed by atoms with Gasteiger partial charge in [-0.15, -0.1) is 6.42 Å². The number of aryl methyl sites for hydroxylation is 1. The van der Waals surface area contributed by atoms with Crippen LogP contribution in [0.1, 0.15) is 29.9 Å². The first kappa shape index (κ1) is 16.1. The zero-order chi connectivity index (χ0) is 16.9. The van der Waals surface area contributed by atoms with E-state index in [4.69, 9.17) is 11.2 Å². The molecule has 1 unspecified atom stereocenters. The fourth-order valence-electron chi connectivity index (χ4n) is 3.24. The first-order chi connectivity index (χ1) is 11.7. The third-order valence-corrected chi connectivity index (χ3v) is 4.60. The number of carbonyl (C=O) groups excluding carboxylic acids is 1. The number of hydrogen-bond donors (Lipinski definition) is 0. The zero-order valence-corrected chi connectivity index (χ0v) is 13.9. The van der Waals surface area contributed by atoms with Crippen molar-refractivity contribution < 1.29 is 9.53 Å². The Morgan fingerprint density at radius 3 is 2.75 bits per heavy atom. The topological polar surface area (TPSA) is 29.5 Å². The first-order valence-electron chi connectivity index (χ1n) is 8.19. The van der Waals surface area contributed by atoms with Gasteiger partial charge in [0.05, 0.1) is 0 Å². The molecule has 0 bridgehead atoms. The Morgan fingerprint density at radius 2 is 2.00 bits per heavy atom. The van der Waals surface area contributed by atoms with E-state index in [0.29, 0.717) is 18.1 Å². The maximum atomic E-state index is 12.6. The smallest absolute Gasteiger partial charge is 0.227 e. The molecule has 2 aromatic carbocycles. The van der Waals surface area contributed by atoms with Gasteiger partial charge in [0.15, 0.2) is 0 Å². The lowest BCUT2D eigenvalue weighted by molar-refractivity contribution is -0.118. The van der Waals surface area contributed by atoms with Gasteiger partial charge in [-0.05, 0) is 54.2 Å². The molecule has 0 spiro atoms. The molecule has 3 heteroatoms. The van der Waals surface area contributed by atoms with Gasteiger partial charge in [0.25, 0.3) is 0 Å². The molecular weight excluding hydrogens is 298 g/mol. The summed E-state index contributed by atoms with van der Waals surface area (Å²) in [6, 6.07) is 15.9. The van der Waals surface area contributed by atoms with Crippen LogP contribution in [0.3, 0.4) is 0 Å². The molecule has 0 heterocycles. The predicted molar refractivity (Wildman–Crippen MR) is 96.3 cm³/mol. The molecule has 0 N–H and O–H groups in total. The highest BCUT2D eigenvalue weighted by Crippen LogP contribution is 2.35. The molecule has 0 aliphatic heterocycles. The van der Waals surface area contributed by atoms with Gasteiger partial charge < -0.3 is 9.64 Å². The van der Waals surface area contributed by atoms with Crippen LogP contribution in [-0.2, 0) is 11.2 Å². The highest BCUT2D eigenvalue weighted by atomic mass is 16.5. The van der Waals surface area contributed by atoms with Gasteiger partial charge >= 0.3 is 0 Å². The van der Waals surface area contributed by atoms with Crippen molar-refractivity contribution in [2.75, 3.05) is 18.6 Å². The van der Waals surface area contributed by atoms with Crippen molar-refractivity contribution in [2.24, 2.45) is 0 Å². The Labute approximate surface area is 143 Å². The average Bonchev–Trinajstić information content (AvgIpc) is 3.03. The van der Waals surface area contributed by atoms with Crippen LogP contribution in [0.25, 0.3) is 0 Å². The summed E-state index contributed by atoms with van der Waals surface area (Å²) in [6.45, 7) is 0.245. The second kappa shape index (κ2) is 7.23. The largest absolute Gasteiger partial charge is 0.481 e. The Balaban J connectivity index is 1.64. The van der Waals surface area contributed by atoms with Crippen molar-refractivity contribution in [1.29, 1.82) is 0 Å². The number of amides is 1. The third-order valence-electron chi connectivity index (χ3n) is 4.60. The SMILES string of the molecule is C#CCOc1ccc(N(C)C(=O)CC2CCc3ccccc32)cc1. The highest BCUT2D eigenvalue weighted by molar-refractivity contribution is 5.93. The number of ether oxygens (including phenoxy) is 1. The molecule has 1 aliphatic rings. The van der Waals surface area contributed by atoms with Gasteiger partial charge in [-0.1, -0.05) is 30.2 Å². The Bertz CT molecular complexity index is 758. The van der Waals surface area contributed by atoms with Gasteiger partial charge in [0.1, 0.15) is 12.4 Å².